The second kappa shape index (κ2) is 3.93. The Morgan fingerprint density at radius 2 is 1.93 bits per heavy atom. The van der Waals surface area contributed by atoms with Gasteiger partial charge in [0, 0.05) is 5.69 Å². The van der Waals surface area contributed by atoms with Crippen molar-refractivity contribution >= 4 is 11.7 Å². The lowest BCUT2D eigenvalue weighted by molar-refractivity contribution is 0.00688. The first kappa shape index (κ1) is 11.6. The van der Waals surface area contributed by atoms with E-state index in [0.29, 0.717) is 11.3 Å². The van der Waals surface area contributed by atoms with Crippen molar-refractivity contribution in [2.75, 3.05) is 5.73 Å². The number of hydrogen-bond donors (Lipinski definition) is 1. The van der Waals surface area contributed by atoms with Gasteiger partial charge in [-0.2, -0.15) is 0 Å². The van der Waals surface area contributed by atoms with Crippen molar-refractivity contribution < 1.29 is 9.53 Å². The fourth-order valence-electron chi connectivity index (χ4n) is 1.21. The van der Waals surface area contributed by atoms with Crippen LogP contribution in [0.1, 0.15) is 36.7 Å². The lowest BCUT2D eigenvalue weighted by Gasteiger charge is -2.20. The summed E-state index contributed by atoms with van der Waals surface area (Å²) in [6.45, 7) is 7.33. The van der Waals surface area contributed by atoms with Crippen LogP contribution >= 0.6 is 0 Å². The normalized spacial score (nSPS) is 11.2. The van der Waals surface area contributed by atoms with Gasteiger partial charge in [-0.1, -0.05) is 6.07 Å². The molecule has 3 heteroatoms. The van der Waals surface area contributed by atoms with Gasteiger partial charge in [0.25, 0.3) is 0 Å². The SMILES string of the molecule is Cc1c(N)cccc1C(=O)OC(C)(C)C. The van der Waals surface area contributed by atoms with Gasteiger partial charge in [-0.25, -0.2) is 4.79 Å². The molecule has 82 valence electrons. The summed E-state index contributed by atoms with van der Waals surface area (Å²) in [5, 5.41) is 0. The molecule has 0 aliphatic heterocycles. The number of anilines is 1. The number of nitrogen functional groups attached to an aromatic ring is 1. The van der Waals surface area contributed by atoms with Crippen molar-refractivity contribution in [1.82, 2.24) is 0 Å². The molecule has 0 saturated carbocycles. The number of hydrogen-bond acceptors (Lipinski definition) is 3. The first-order valence-electron chi connectivity index (χ1n) is 4.90. The first-order chi connectivity index (χ1) is 6.81. The number of esters is 1. The second-order valence-electron chi connectivity index (χ2n) is 4.52. The van der Waals surface area contributed by atoms with Crippen molar-refractivity contribution in [3.8, 4) is 0 Å². The van der Waals surface area contributed by atoms with E-state index in [4.69, 9.17) is 10.5 Å². The summed E-state index contributed by atoms with van der Waals surface area (Å²) in [5.41, 5.74) is 7.15. The smallest absolute Gasteiger partial charge is 0.338 e. The van der Waals surface area contributed by atoms with Crippen LogP contribution in [0.3, 0.4) is 0 Å². The first-order valence-corrected chi connectivity index (χ1v) is 4.90. The minimum absolute atomic E-state index is 0.327. The molecule has 1 rings (SSSR count). The molecule has 0 radical (unpaired) electrons. The van der Waals surface area contributed by atoms with Gasteiger partial charge >= 0.3 is 5.97 Å². The van der Waals surface area contributed by atoms with Crippen LogP contribution in [0.25, 0.3) is 0 Å². The Balaban J connectivity index is 2.97. The third-order valence-corrected chi connectivity index (χ3v) is 1.99. The summed E-state index contributed by atoms with van der Waals surface area (Å²) < 4.78 is 5.27. The maximum absolute atomic E-state index is 11.8. The fraction of sp³-hybridized carbons (Fsp3) is 0.417. The van der Waals surface area contributed by atoms with Crippen molar-refractivity contribution in [3.63, 3.8) is 0 Å². The van der Waals surface area contributed by atoms with Gasteiger partial charge in [-0.15, -0.1) is 0 Å². The van der Waals surface area contributed by atoms with Crippen molar-refractivity contribution in [1.29, 1.82) is 0 Å². The highest BCUT2D eigenvalue weighted by Gasteiger charge is 2.19. The summed E-state index contributed by atoms with van der Waals surface area (Å²) in [5.74, 6) is -0.327. The number of nitrogens with two attached hydrogens (primary N) is 1. The van der Waals surface area contributed by atoms with E-state index in [9.17, 15) is 4.79 Å². The minimum Gasteiger partial charge on any atom is -0.456 e. The predicted molar refractivity (Wildman–Crippen MR) is 60.8 cm³/mol. The molecule has 0 aliphatic carbocycles. The van der Waals surface area contributed by atoms with E-state index in [2.05, 4.69) is 0 Å². The van der Waals surface area contributed by atoms with E-state index in [1.165, 1.54) is 0 Å². The topological polar surface area (TPSA) is 52.3 Å². The van der Waals surface area contributed by atoms with Crippen LogP contribution in [0.5, 0.6) is 0 Å². The lowest BCUT2D eigenvalue weighted by atomic mass is 10.1. The van der Waals surface area contributed by atoms with E-state index in [-0.39, 0.29) is 5.97 Å². The standard InChI is InChI=1S/C12H17NO2/c1-8-9(6-5-7-10(8)13)11(14)15-12(2,3)4/h5-7H,13H2,1-4H3. The summed E-state index contributed by atoms with van der Waals surface area (Å²) in [7, 11) is 0. The average molecular weight is 207 g/mol. The summed E-state index contributed by atoms with van der Waals surface area (Å²) in [4.78, 5) is 11.8. The summed E-state index contributed by atoms with van der Waals surface area (Å²) in [6, 6.07) is 5.24. The minimum atomic E-state index is -0.478. The molecule has 0 spiro atoms. The second-order valence-corrected chi connectivity index (χ2v) is 4.52. The fourth-order valence-corrected chi connectivity index (χ4v) is 1.21. The molecule has 1 aromatic carbocycles. The van der Waals surface area contributed by atoms with Gasteiger partial charge in [-0.05, 0) is 45.4 Å². The molecule has 0 unspecified atom stereocenters. The van der Waals surface area contributed by atoms with Crippen LogP contribution in [0.2, 0.25) is 0 Å². The van der Waals surface area contributed by atoms with E-state index in [1.54, 1.807) is 18.2 Å². The number of benzene rings is 1. The van der Waals surface area contributed by atoms with Gasteiger partial charge in [0.1, 0.15) is 5.60 Å². The Bertz CT molecular complexity index is 378. The number of rotatable bonds is 1. The Hall–Kier alpha value is -1.51. The molecule has 0 atom stereocenters. The van der Waals surface area contributed by atoms with E-state index in [1.807, 2.05) is 27.7 Å². The Labute approximate surface area is 90.2 Å². The number of carbonyl (C=O) groups is 1. The molecular formula is C12H17NO2. The van der Waals surface area contributed by atoms with Crippen LogP contribution in [0, 0.1) is 6.92 Å². The summed E-state index contributed by atoms with van der Waals surface area (Å²) in [6.07, 6.45) is 0. The zero-order valence-corrected chi connectivity index (χ0v) is 9.63. The molecule has 2 N–H and O–H groups in total. The van der Waals surface area contributed by atoms with Crippen molar-refractivity contribution in [3.05, 3.63) is 29.3 Å². The summed E-state index contributed by atoms with van der Waals surface area (Å²) >= 11 is 0. The Morgan fingerprint density at radius 1 is 1.33 bits per heavy atom. The molecule has 0 amide bonds. The Kier molecular flexibility index (Phi) is 3.03. The third kappa shape index (κ3) is 2.98. The van der Waals surface area contributed by atoms with Gasteiger partial charge < -0.3 is 10.5 Å². The maximum atomic E-state index is 11.8. The van der Waals surface area contributed by atoms with E-state index >= 15 is 0 Å². The van der Waals surface area contributed by atoms with E-state index in [0.717, 1.165) is 5.56 Å². The van der Waals surface area contributed by atoms with Crippen LogP contribution in [-0.2, 0) is 4.74 Å². The van der Waals surface area contributed by atoms with Crippen LogP contribution in [0.4, 0.5) is 5.69 Å². The monoisotopic (exact) mass is 207 g/mol. The highest BCUT2D eigenvalue weighted by atomic mass is 16.6. The van der Waals surface area contributed by atoms with Gasteiger partial charge in [0.05, 0.1) is 5.56 Å². The molecular weight excluding hydrogens is 190 g/mol. The molecule has 0 bridgehead atoms. The Morgan fingerprint density at radius 3 is 2.47 bits per heavy atom. The maximum Gasteiger partial charge on any atom is 0.338 e. The quantitative estimate of drug-likeness (QED) is 0.568. The molecule has 1 aromatic rings. The molecule has 0 fully saturated rings. The van der Waals surface area contributed by atoms with Crippen LogP contribution < -0.4 is 5.73 Å². The van der Waals surface area contributed by atoms with E-state index < -0.39 is 5.60 Å². The zero-order valence-electron chi connectivity index (χ0n) is 9.63. The van der Waals surface area contributed by atoms with Crippen molar-refractivity contribution in [2.24, 2.45) is 0 Å². The molecule has 0 saturated heterocycles. The van der Waals surface area contributed by atoms with Crippen LogP contribution in [-0.4, -0.2) is 11.6 Å². The molecule has 0 aliphatic rings. The molecule has 15 heavy (non-hydrogen) atoms. The highest BCUT2D eigenvalue weighted by Crippen LogP contribution is 2.19. The van der Waals surface area contributed by atoms with Gasteiger partial charge in [-0.3, -0.25) is 0 Å². The molecule has 3 nitrogen and oxygen atoms in total. The lowest BCUT2D eigenvalue weighted by Crippen LogP contribution is -2.24. The van der Waals surface area contributed by atoms with Crippen LogP contribution in [0.15, 0.2) is 18.2 Å². The number of carbonyl (C=O) groups excluding carboxylic acids is 1. The molecule has 0 heterocycles. The predicted octanol–water partition coefficient (Wildman–Crippen LogP) is 2.53. The van der Waals surface area contributed by atoms with Gasteiger partial charge in [0.15, 0.2) is 0 Å². The van der Waals surface area contributed by atoms with Crippen molar-refractivity contribution in [2.45, 2.75) is 33.3 Å². The largest absolute Gasteiger partial charge is 0.456 e. The third-order valence-electron chi connectivity index (χ3n) is 1.99. The molecule has 0 aromatic heterocycles. The number of ether oxygens (including phenoxy) is 1. The zero-order chi connectivity index (χ0) is 11.6. The van der Waals surface area contributed by atoms with Gasteiger partial charge in [0.2, 0.25) is 0 Å². The average Bonchev–Trinajstić information content (AvgIpc) is 2.06. The highest BCUT2D eigenvalue weighted by molar-refractivity contribution is 5.92.